The van der Waals surface area contributed by atoms with Crippen LogP contribution in [0.15, 0.2) is 42.6 Å². The fourth-order valence-corrected chi connectivity index (χ4v) is 8.13. The highest BCUT2D eigenvalue weighted by atomic mass is 35.5. The number of carboxylic acids is 1. The molecule has 0 unspecified atom stereocenters. The maximum atomic E-state index is 14.0. The van der Waals surface area contributed by atoms with Gasteiger partial charge in [-0.15, -0.1) is 0 Å². The number of methoxy groups -OCH3 is 2. The van der Waals surface area contributed by atoms with E-state index >= 15 is 0 Å². The lowest BCUT2D eigenvalue weighted by Gasteiger charge is -2.30. The van der Waals surface area contributed by atoms with Crippen molar-refractivity contribution in [3.05, 3.63) is 63.8 Å². The van der Waals surface area contributed by atoms with Crippen LogP contribution in [-0.2, 0) is 37.3 Å². The Labute approximate surface area is 296 Å². The van der Waals surface area contributed by atoms with Crippen molar-refractivity contribution < 1.29 is 33.7 Å². The van der Waals surface area contributed by atoms with Gasteiger partial charge >= 0.3 is 5.97 Å². The second-order valence-electron chi connectivity index (χ2n) is 13.5. The van der Waals surface area contributed by atoms with Crippen LogP contribution in [0.1, 0.15) is 48.0 Å². The van der Waals surface area contributed by atoms with E-state index in [0.717, 1.165) is 17.3 Å². The number of halogens is 2. The van der Waals surface area contributed by atoms with Gasteiger partial charge in [-0.2, -0.15) is 0 Å². The Kier molecular flexibility index (Phi) is 11.2. The molecule has 3 aliphatic rings. The SMILES string of the molecule is CO[C@H]1CN([C@H]2C[C@@H](CO[C@H]3CC[C@H](C(=O)O)CC3)N(C(=O)Cc3cc(Cl)c(NC(=O)c4cn(C)c5ccccc45)cc3Cl)C2)C[C@@H]1OC. The predicted molar refractivity (Wildman–Crippen MR) is 187 cm³/mol. The summed E-state index contributed by atoms with van der Waals surface area (Å²) in [7, 11) is 5.27. The monoisotopic (exact) mass is 714 g/mol. The molecular formula is C36H44Cl2N4O7. The molecule has 0 radical (unpaired) electrons. The fourth-order valence-electron chi connectivity index (χ4n) is 7.66. The second-order valence-corrected chi connectivity index (χ2v) is 14.3. The highest BCUT2D eigenvalue weighted by molar-refractivity contribution is 6.36. The van der Waals surface area contributed by atoms with E-state index in [1.165, 1.54) is 0 Å². The highest BCUT2D eigenvalue weighted by Crippen LogP contribution is 2.34. The van der Waals surface area contributed by atoms with E-state index in [1.807, 2.05) is 40.8 Å². The molecule has 264 valence electrons. The van der Waals surface area contributed by atoms with Crippen LogP contribution in [0.3, 0.4) is 0 Å². The van der Waals surface area contributed by atoms with E-state index in [9.17, 15) is 19.5 Å². The number of carboxylic acid groups (broad SMARTS) is 1. The van der Waals surface area contributed by atoms with Crippen LogP contribution in [0.5, 0.6) is 0 Å². The van der Waals surface area contributed by atoms with Gasteiger partial charge in [0.1, 0.15) is 0 Å². The summed E-state index contributed by atoms with van der Waals surface area (Å²) in [4.78, 5) is 42.9. The number of carbonyl (C=O) groups excluding carboxylic acids is 2. The summed E-state index contributed by atoms with van der Waals surface area (Å²) in [5.74, 6) is -1.47. The summed E-state index contributed by atoms with van der Waals surface area (Å²) in [6.07, 6.45) is 4.99. The first-order valence-corrected chi connectivity index (χ1v) is 17.6. The van der Waals surface area contributed by atoms with Crippen molar-refractivity contribution in [1.82, 2.24) is 14.4 Å². The topological polar surface area (TPSA) is 123 Å². The molecule has 49 heavy (non-hydrogen) atoms. The molecule has 3 aromatic rings. The molecule has 3 fully saturated rings. The largest absolute Gasteiger partial charge is 0.481 e. The molecule has 1 aromatic heterocycles. The number of para-hydroxylation sites is 1. The van der Waals surface area contributed by atoms with Gasteiger partial charge in [-0.1, -0.05) is 41.4 Å². The summed E-state index contributed by atoms with van der Waals surface area (Å²) in [6.45, 7) is 2.31. The number of ether oxygens (including phenoxy) is 3. The van der Waals surface area contributed by atoms with E-state index in [2.05, 4.69) is 10.2 Å². The third-order valence-corrected chi connectivity index (χ3v) is 11.2. The van der Waals surface area contributed by atoms with Gasteiger partial charge in [-0.25, -0.2) is 0 Å². The van der Waals surface area contributed by atoms with Gasteiger partial charge in [0.15, 0.2) is 0 Å². The van der Waals surface area contributed by atoms with Crippen LogP contribution in [0.25, 0.3) is 10.9 Å². The summed E-state index contributed by atoms with van der Waals surface area (Å²) in [5.41, 5.74) is 2.38. The number of amides is 2. The van der Waals surface area contributed by atoms with Crippen molar-refractivity contribution >= 4 is 57.6 Å². The average Bonchev–Trinajstić information content (AvgIpc) is 3.81. The van der Waals surface area contributed by atoms with Crippen molar-refractivity contribution in [2.45, 2.75) is 68.9 Å². The van der Waals surface area contributed by atoms with Gasteiger partial charge in [-0.05, 0) is 55.9 Å². The first-order valence-electron chi connectivity index (χ1n) is 16.8. The summed E-state index contributed by atoms with van der Waals surface area (Å²) in [6, 6.07) is 10.8. The lowest BCUT2D eigenvalue weighted by atomic mass is 9.87. The average molecular weight is 716 g/mol. The number of benzene rings is 2. The van der Waals surface area contributed by atoms with E-state index in [4.69, 9.17) is 37.4 Å². The molecule has 13 heteroatoms. The van der Waals surface area contributed by atoms with E-state index in [1.54, 1.807) is 32.5 Å². The Morgan fingerprint density at radius 3 is 2.33 bits per heavy atom. The number of fused-ring (bicyclic) bond motifs is 1. The number of anilines is 1. The summed E-state index contributed by atoms with van der Waals surface area (Å²) >= 11 is 13.4. The van der Waals surface area contributed by atoms with Crippen LogP contribution >= 0.6 is 23.2 Å². The highest BCUT2D eigenvalue weighted by Gasteiger charge is 2.43. The number of nitrogens with zero attached hydrogens (tertiary/aromatic N) is 3. The standard InChI is InChI=1S/C36H44Cl2N4O7/c1-40-17-27(26-6-4-5-7-31(26)40)35(44)39-30-15-28(37)22(12-29(30)38)13-34(43)42-16-23(41-18-32(47-2)33(19-41)48-3)14-24(42)20-49-25-10-8-21(9-11-25)36(45)46/h4-7,12,15,17,21,23-25,32-33H,8-11,13-14,16,18-20H2,1-3H3,(H,39,44)(H,45,46)/t21-,23-,24-,25-,32-,33-/m0/s1. The van der Waals surface area contributed by atoms with Crippen LogP contribution in [0.2, 0.25) is 10.0 Å². The Hall–Kier alpha value is -3.19. The molecule has 6 rings (SSSR count). The van der Waals surface area contributed by atoms with Gasteiger partial charge in [0, 0.05) is 69.1 Å². The van der Waals surface area contributed by atoms with Gasteiger partial charge in [0.05, 0.1) is 59.6 Å². The van der Waals surface area contributed by atoms with Gasteiger partial charge < -0.3 is 34.1 Å². The number of aliphatic carboxylic acids is 1. The second kappa shape index (κ2) is 15.4. The molecule has 11 nitrogen and oxygen atoms in total. The maximum Gasteiger partial charge on any atom is 0.306 e. The number of aryl methyl sites for hydroxylation is 1. The van der Waals surface area contributed by atoms with Crippen LogP contribution < -0.4 is 5.32 Å². The summed E-state index contributed by atoms with van der Waals surface area (Å²) < 4.78 is 19.6. The number of hydrogen-bond donors (Lipinski definition) is 2. The Balaban J connectivity index is 1.14. The molecule has 4 atom stereocenters. The lowest BCUT2D eigenvalue weighted by molar-refractivity contribution is -0.144. The van der Waals surface area contributed by atoms with Crippen molar-refractivity contribution in [2.75, 3.05) is 45.8 Å². The van der Waals surface area contributed by atoms with Crippen molar-refractivity contribution in [3.8, 4) is 0 Å². The number of aromatic nitrogens is 1. The zero-order chi connectivity index (χ0) is 34.8. The van der Waals surface area contributed by atoms with Gasteiger partial charge in [0.25, 0.3) is 5.91 Å². The van der Waals surface area contributed by atoms with Crippen molar-refractivity contribution in [3.63, 3.8) is 0 Å². The normalized spacial score (nSPS) is 26.0. The molecule has 2 aromatic carbocycles. The third kappa shape index (κ3) is 7.77. The molecule has 0 bridgehead atoms. The molecule has 2 amide bonds. The number of nitrogens with one attached hydrogen (secondary N) is 1. The number of hydrogen-bond acceptors (Lipinski definition) is 7. The molecule has 2 saturated heterocycles. The number of rotatable bonds is 11. The van der Waals surface area contributed by atoms with Crippen LogP contribution in [0, 0.1) is 5.92 Å². The molecule has 1 aliphatic carbocycles. The fraction of sp³-hybridized carbons (Fsp3) is 0.528. The van der Waals surface area contributed by atoms with E-state index in [0.29, 0.717) is 73.8 Å². The minimum atomic E-state index is -0.748. The van der Waals surface area contributed by atoms with E-state index < -0.39 is 5.97 Å². The minimum absolute atomic E-state index is 0.0287. The smallest absolute Gasteiger partial charge is 0.306 e. The lowest BCUT2D eigenvalue weighted by Crippen LogP contribution is -2.41. The maximum absolute atomic E-state index is 14.0. The first kappa shape index (κ1) is 35.6. The van der Waals surface area contributed by atoms with Gasteiger partial charge in [0.2, 0.25) is 5.91 Å². The molecule has 0 spiro atoms. The molecule has 2 aliphatic heterocycles. The van der Waals surface area contributed by atoms with Crippen molar-refractivity contribution in [2.24, 2.45) is 13.0 Å². The predicted octanol–water partition coefficient (Wildman–Crippen LogP) is 5.26. The van der Waals surface area contributed by atoms with E-state index in [-0.39, 0.29) is 59.6 Å². The Bertz CT molecular complexity index is 1680. The molecule has 3 heterocycles. The quantitative estimate of drug-likeness (QED) is 0.276. The summed E-state index contributed by atoms with van der Waals surface area (Å²) in [5, 5.41) is 13.7. The zero-order valence-corrected chi connectivity index (χ0v) is 29.6. The molecule has 2 N–H and O–H groups in total. The minimum Gasteiger partial charge on any atom is -0.481 e. The van der Waals surface area contributed by atoms with Crippen LogP contribution in [0.4, 0.5) is 5.69 Å². The molecule has 1 saturated carbocycles. The van der Waals surface area contributed by atoms with Crippen LogP contribution in [-0.4, -0.2) is 108 Å². The van der Waals surface area contributed by atoms with Crippen molar-refractivity contribution in [1.29, 1.82) is 0 Å². The molecular weight excluding hydrogens is 671 g/mol. The first-order chi connectivity index (χ1) is 23.6. The number of carbonyl (C=O) groups is 3. The number of likely N-dealkylation sites (tertiary alicyclic amines) is 2. The Morgan fingerprint density at radius 2 is 1.65 bits per heavy atom. The Morgan fingerprint density at radius 1 is 0.959 bits per heavy atom. The van der Waals surface area contributed by atoms with Gasteiger partial charge in [-0.3, -0.25) is 19.3 Å². The third-order valence-electron chi connectivity index (χ3n) is 10.5. The zero-order valence-electron chi connectivity index (χ0n) is 28.1.